The van der Waals surface area contributed by atoms with Gasteiger partial charge in [0.2, 0.25) is 0 Å². The number of thiophene rings is 1. The van der Waals surface area contributed by atoms with E-state index in [1.165, 1.54) is 11.3 Å². The Bertz CT molecular complexity index is 601. The Kier molecular flexibility index (Phi) is 4.68. The molecular formula is C10H6NNaO2S2. The second kappa shape index (κ2) is 5.41. The van der Waals surface area contributed by atoms with Gasteiger partial charge in [-0.1, -0.05) is 0 Å². The third kappa shape index (κ3) is 2.38. The third-order valence-electron chi connectivity index (χ3n) is 2.17. The largest absolute Gasteiger partial charge is 1.00 e. The first-order valence-electron chi connectivity index (χ1n) is 4.16. The summed E-state index contributed by atoms with van der Waals surface area (Å²) in [4.78, 5) is 0. The maximum atomic E-state index is 10.9. The molecule has 0 N–H and O–H groups in total. The zero-order valence-corrected chi connectivity index (χ0v) is 12.4. The molecule has 0 fully saturated rings. The van der Waals surface area contributed by atoms with E-state index in [-0.39, 0.29) is 29.6 Å². The van der Waals surface area contributed by atoms with Crippen molar-refractivity contribution in [3.05, 3.63) is 29.3 Å². The Morgan fingerprint density at radius 1 is 1.50 bits per heavy atom. The standard InChI is InChI=1S/C10H7NO2S2.Na/c1-6-8-4-7(5-11)2-3-9(8)14-10(6)15(12)13;/h2-4H,1H3,(H,12,13);/q;+1/p-1. The van der Waals surface area contributed by atoms with Crippen LogP contribution in [0.15, 0.2) is 22.4 Å². The van der Waals surface area contributed by atoms with E-state index < -0.39 is 11.1 Å². The van der Waals surface area contributed by atoms with E-state index in [4.69, 9.17) is 5.26 Å². The van der Waals surface area contributed by atoms with Crippen LogP contribution >= 0.6 is 11.3 Å². The summed E-state index contributed by atoms with van der Waals surface area (Å²) in [6.45, 7) is 1.76. The van der Waals surface area contributed by atoms with Gasteiger partial charge in [0.05, 0.1) is 15.8 Å². The van der Waals surface area contributed by atoms with Crippen molar-refractivity contribution in [3.8, 4) is 6.07 Å². The predicted molar refractivity (Wildman–Crippen MR) is 58.5 cm³/mol. The van der Waals surface area contributed by atoms with Crippen molar-refractivity contribution in [1.29, 1.82) is 5.26 Å². The monoisotopic (exact) mass is 259 g/mol. The molecule has 1 atom stereocenters. The van der Waals surface area contributed by atoms with Crippen LogP contribution in [0.1, 0.15) is 11.1 Å². The van der Waals surface area contributed by atoms with Gasteiger partial charge in [-0.25, -0.2) is 0 Å². The molecule has 0 radical (unpaired) electrons. The van der Waals surface area contributed by atoms with Gasteiger partial charge in [0.15, 0.2) is 0 Å². The summed E-state index contributed by atoms with van der Waals surface area (Å²) in [6, 6.07) is 7.23. The normalized spacial score (nSPS) is 11.8. The Morgan fingerprint density at radius 3 is 2.75 bits per heavy atom. The summed E-state index contributed by atoms with van der Waals surface area (Å²) in [5.41, 5.74) is 1.27. The maximum Gasteiger partial charge on any atom is 1.00 e. The van der Waals surface area contributed by atoms with Gasteiger partial charge in [-0.15, -0.1) is 11.3 Å². The molecular weight excluding hydrogens is 253 g/mol. The van der Waals surface area contributed by atoms with Gasteiger partial charge in [0.25, 0.3) is 0 Å². The fraction of sp³-hybridized carbons (Fsp3) is 0.100. The zero-order chi connectivity index (χ0) is 11.0. The first kappa shape index (κ1) is 13.8. The van der Waals surface area contributed by atoms with Gasteiger partial charge >= 0.3 is 29.6 Å². The molecule has 0 bridgehead atoms. The molecule has 0 aliphatic rings. The Morgan fingerprint density at radius 2 is 2.19 bits per heavy atom. The number of aryl methyl sites for hydroxylation is 1. The van der Waals surface area contributed by atoms with Crippen molar-refractivity contribution in [2.45, 2.75) is 11.1 Å². The number of benzene rings is 1. The van der Waals surface area contributed by atoms with E-state index >= 15 is 0 Å². The summed E-state index contributed by atoms with van der Waals surface area (Å²) in [5, 5.41) is 9.58. The quantitative estimate of drug-likeness (QED) is 0.503. The Labute approximate surface area is 122 Å². The van der Waals surface area contributed by atoms with Crippen LogP contribution in [-0.4, -0.2) is 8.76 Å². The summed E-state index contributed by atoms with van der Waals surface area (Å²) in [5.74, 6) is 0. The summed E-state index contributed by atoms with van der Waals surface area (Å²) < 4.78 is 23.0. The number of nitrogens with zero attached hydrogens (tertiary/aromatic N) is 1. The molecule has 1 unspecified atom stereocenters. The minimum absolute atomic E-state index is 0. The molecule has 3 nitrogen and oxygen atoms in total. The van der Waals surface area contributed by atoms with E-state index in [1.807, 2.05) is 6.07 Å². The number of rotatable bonds is 1. The summed E-state index contributed by atoms with van der Waals surface area (Å²) in [6.07, 6.45) is 0. The van der Waals surface area contributed by atoms with Gasteiger partial charge in [-0.2, -0.15) is 5.26 Å². The molecule has 0 saturated carbocycles. The van der Waals surface area contributed by atoms with Crippen molar-refractivity contribution < 1.29 is 38.3 Å². The number of fused-ring (bicyclic) bond motifs is 1. The zero-order valence-electron chi connectivity index (χ0n) is 8.81. The van der Waals surface area contributed by atoms with Crippen molar-refractivity contribution in [2.24, 2.45) is 0 Å². The van der Waals surface area contributed by atoms with Crippen LogP contribution in [-0.2, 0) is 11.1 Å². The van der Waals surface area contributed by atoms with Gasteiger partial charge in [0, 0.05) is 4.70 Å². The van der Waals surface area contributed by atoms with Crippen LogP contribution in [0.25, 0.3) is 10.1 Å². The number of nitriles is 1. The minimum atomic E-state index is -2.20. The van der Waals surface area contributed by atoms with Gasteiger partial charge in [-0.05, 0) is 47.2 Å². The number of hydrogen-bond donors (Lipinski definition) is 0. The van der Waals surface area contributed by atoms with Crippen LogP contribution in [0.3, 0.4) is 0 Å². The van der Waals surface area contributed by atoms with Gasteiger partial charge < -0.3 is 4.55 Å². The van der Waals surface area contributed by atoms with Gasteiger partial charge in [-0.3, -0.25) is 4.21 Å². The van der Waals surface area contributed by atoms with Crippen molar-refractivity contribution >= 4 is 32.5 Å². The smallest absolute Gasteiger partial charge is 0.768 e. The average molecular weight is 259 g/mol. The van der Waals surface area contributed by atoms with E-state index in [0.29, 0.717) is 9.77 Å². The molecule has 0 saturated heterocycles. The van der Waals surface area contributed by atoms with Crippen molar-refractivity contribution in [3.63, 3.8) is 0 Å². The first-order chi connectivity index (χ1) is 7.13. The molecule has 1 aromatic heterocycles. The van der Waals surface area contributed by atoms with E-state index in [1.54, 1.807) is 25.1 Å². The predicted octanol–water partition coefficient (Wildman–Crippen LogP) is -0.677. The molecule has 2 aromatic rings. The van der Waals surface area contributed by atoms with Crippen LogP contribution in [0, 0.1) is 18.3 Å². The molecule has 0 aliphatic carbocycles. The topological polar surface area (TPSA) is 63.9 Å². The molecule has 0 spiro atoms. The molecule has 0 amide bonds. The minimum Gasteiger partial charge on any atom is -0.768 e. The van der Waals surface area contributed by atoms with Crippen molar-refractivity contribution in [1.82, 2.24) is 0 Å². The van der Waals surface area contributed by atoms with Crippen LogP contribution in [0.5, 0.6) is 0 Å². The molecule has 0 aliphatic heterocycles. The fourth-order valence-electron chi connectivity index (χ4n) is 1.43. The molecule has 6 heteroatoms. The first-order valence-corrected chi connectivity index (χ1v) is 6.05. The second-order valence-electron chi connectivity index (χ2n) is 3.07. The fourth-order valence-corrected chi connectivity index (χ4v) is 3.25. The average Bonchev–Trinajstić information content (AvgIpc) is 2.56. The SMILES string of the molecule is Cc1c(S(=O)[O-])sc2ccc(C#N)cc12.[Na+]. The molecule has 76 valence electrons. The molecule has 2 rings (SSSR count). The van der Waals surface area contributed by atoms with Crippen LogP contribution in [0.2, 0.25) is 0 Å². The van der Waals surface area contributed by atoms with Crippen LogP contribution < -0.4 is 29.6 Å². The Hall–Kier alpha value is -0.220. The van der Waals surface area contributed by atoms with Crippen LogP contribution in [0.4, 0.5) is 0 Å². The van der Waals surface area contributed by atoms with Gasteiger partial charge in [0.1, 0.15) is 0 Å². The molecule has 16 heavy (non-hydrogen) atoms. The third-order valence-corrected chi connectivity index (χ3v) is 4.51. The molecule has 1 aromatic carbocycles. The van der Waals surface area contributed by atoms with E-state index in [9.17, 15) is 8.76 Å². The van der Waals surface area contributed by atoms with E-state index in [2.05, 4.69) is 0 Å². The summed E-state index contributed by atoms with van der Waals surface area (Å²) in [7, 11) is 0. The Balaban J connectivity index is 0.00000128. The molecule has 1 heterocycles. The second-order valence-corrected chi connectivity index (χ2v) is 5.26. The maximum absolute atomic E-state index is 10.9. The number of hydrogen-bond acceptors (Lipinski definition) is 4. The van der Waals surface area contributed by atoms with Crippen molar-refractivity contribution in [2.75, 3.05) is 0 Å². The van der Waals surface area contributed by atoms with E-state index in [0.717, 1.165) is 15.6 Å². The summed E-state index contributed by atoms with van der Waals surface area (Å²) >= 11 is -0.967.